The summed E-state index contributed by atoms with van der Waals surface area (Å²) in [5.74, 6) is 0.346. The van der Waals surface area contributed by atoms with Crippen molar-refractivity contribution in [1.29, 1.82) is 0 Å². The molecule has 0 bridgehead atoms. The van der Waals surface area contributed by atoms with E-state index in [4.69, 9.17) is 21.1 Å². The Balaban J connectivity index is 1.72. The van der Waals surface area contributed by atoms with Crippen molar-refractivity contribution in [3.63, 3.8) is 0 Å². The van der Waals surface area contributed by atoms with Crippen LogP contribution in [0.2, 0.25) is 5.02 Å². The molecule has 2 aromatic carbocycles. The Morgan fingerprint density at radius 1 is 1.13 bits per heavy atom. The second kappa shape index (κ2) is 8.39. The van der Waals surface area contributed by atoms with Crippen LogP contribution in [0.3, 0.4) is 0 Å². The predicted octanol–water partition coefficient (Wildman–Crippen LogP) is 3.40. The van der Waals surface area contributed by atoms with Crippen LogP contribution in [0.1, 0.15) is 0 Å². The third-order valence-corrected chi connectivity index (χ3v) is 3.31. The van der Waals surface area contributed by atoms with Crippen LogP contribution < -0.4 is 9.47 Å². The molecule has 0 unspecified atom stereocenters. The molecule has 122 valence electrons. The highest BCUT2D eigenvalue weighted by Gasteiger charge is 2.10. The van der Waals surface area contributed by atoms with E-state index in [-0.39, 0.29) is 12.5 Å². The largest absolute Gasteiger partial charge is 0.492 e. The van der Waals surface area contributed by atoms with Crippen LogP contribution >= 0.6 is 11.6 Å². The zero-order valence-corrected chi connectivity index (χ0v) is 13.4. The smallest absolute Gasteiger partial charge is 0.260 e. The van der Waals surface area contributed by atoms with Crippen molar-refractivity contribution in [2.45, 2.75) is 0 Å². The number of carbonyl (C=O) groups is 1. The first-order valence-electron chi connectivity index (χ1n) is 7.05. The standard InChI is InChI=1S/C17H17ClFNO3/c1-20(8-9-22-15-6-2-4-13(18)10-15)17(21)12-23-16-7-3-5-14(19)11-16/h2-7,10-11H,8-9,12H2,1H3. The molecule has 0 fully saturated rings. The second-order valence-corrected chi connectivity index (χ2v) is 5.30. The van der Waals surface area contributed by atoms with Gasteiger partial charge in [-0.2, -0.15) is 0 Å². The van der Waals surface area contributed by atoms with Crippen molar-refractivity contribution in [3.8, 4) is 11.5 Å². The molecule has 0 N–H and O–H groups in total. The lowest BCUT2D eigenvalue weighted by Crippen LogP contribution is -2.34. The molecule has 0 aliphatic heterocycles. The summed E-state index contributed by atoms with van der Waals surface area (Å²) in [6.45, 7) is 0.581. The fourth-order valence-electron chi connectivity index (χ4n) is 1.79. The van der Waals surface area contributed by atoms with Gasteiger partial charge in [0.25, 0.3) is 5.91 Å². The third kappa shape index (κ3) is 5.79. The quantitative estimate of drug-likeness (QED) is 0.777. The van der Waals surface area contributed by atoms with Gasteiger partial charge in [0.2, 0.25) is 0 Å². The summed E-state index contributed by atoms with van der Waals surface area (Å²) >= 11 is 5.86. The van der Waals surface area contributed by atoms with Gasteiger partial charge in [0.1, 0.15) is 23.9 Å². The maximum Gasteiger partial charge on any atom is 0.260 e. The number of benzene rings is 2. The molecule has 0 radical (unpaired) electrons. The van der Waals surface area contributed by atoms with E-state index in [0.717, 1.165) is 0 Å². The summed E-state index contributed by atoms with van der Waals surface area (Å²) in [7, 11) is 1.65. The van der Waals surface area contributed by atoms with Crippen molar-refractivity contribution >= 4 is 17.5 Å². The van der Waals surface area contributed by atoms with E-state index in [2.05, 4.69) is 0 Å². The highest BCUT2D eigenvalue weighted by atomic mass is 35.5. The zero-order chi connectivity index (χ0) is 16.7. The first-order valence-corrected chi connectivity index (χ1v) is 7.43. The van der Waals surface area contributed by atoms with Gasteiger partial charge >= 0.3 is 0 Å². The average molecular weight is 338 g/mol. The van der Waals surface area contributed by atoms with Crippen LogP contribution in [0.5, 0.6) is 11.5 Å². The molecule has 0 aliphatic carbocycles. The SMILES string of the molecule is CN(CCOc1cccc(Cl)c1)C(=O)COc1cccc(F)c1. The minimum atomic E-state index is -0.404. The highest BCUT2D eigenvalue weighted by molar-refractivity contribution is 6.30. The number of hydrogen-bond acceptors (Lipinski definition) is 3. The van der Waals surface area contributed by atoms with Gasteiger partial charge in [0, 0.05) is 18.1 Å². The van der Waals surface area contributed by atoms with Crippen LogP contribution in [-0.2, 0) is 4.79 Å². The monoisotopic (exact) mass is 337 g/mol. The number of carbonyl (C=O) groups excluding carboxylic acids is 1. The molecule has 0 atom stereocenters. The van der Waals surface area contributed by atoms with Gasteiger partial charge in [-0.05, 0) is 30.3 Å². The topological polar surface area (TPSA) is 38.8 Å². The van der Waals surface area contributed by atoms with Crippen LogP contribution in [0, 0.1) is 5.82 Å². The molecule has 2 aromatic rings. The Kier molecular flexibility index (Phi) is 6.23. The molecule has 0 aliphatic rings. The number of amides is 1. The van der Waals surface area contributed by atoms with Crippen molar-refractivity contribution < 1.29 is 18.7 Å². The van der Waals surface area contributed by atoms with E-state index >= 15 is 0 Å². The minimum Gasteiger partial charge on any atom is -0.492 e. The van der Waals surface area contributed by atoms with Gasteiger partial charge < -0.3 is 14.4 Å². The van der Waals surface area contributed by atoms with E-state index in [1.54, 1.807) is 37.4 Å². The van der Waals surface area contributed by atoms with Crippen molar-refractivity contribution in [3.05, 3.63) is 59.4 Å². The van der Waals surface area contributed by atoms with Crippen LogP contribution in [0.4, 0.5) is 4.39 Å². The van der Waals surface area contributed by atoms with Gasteiger partial charge in [0.05, 0.1) is 6.54 Å². The first kappa shape index (κ1) is 17.1. The molecule has 0 spiro atoms. The van der Waals surface area contributed by atoms with Crippen molar-refractivity contribution in [2.24, 2.45) is 0 Å². The van der Waals surface area contributed by atoms with Gasteiger partial charge in [-0.15, -0.1) is 0 Å². The maximum atomic E-state index is 13.0. The highest BCUT2D eigenvalue weighted by Crippen LogP contribution is 2.17. The van der Waals surface area contributed by atoms with Crippen LogP contribution in [-0.4, -0.2) is 37.6 Å². The van der Waals surface area contributed by atoms with Crippen molar-refractivity contribution in [2.75, 3.05) is 26.8 Å². The Bertz CT molecular complexity index is 666. The maximum absolute atomic E-state index is 13.0. The molecule has 0 saturated carbocycles. The summed E-state index contributed by atoms with van der Waals surface area (Å²) in [5, 5.41) is 0.593. The molecule has 0 heterocycles. The van der Waals surface area contributed by atoms with Gasteiger partial charge in [0.15, 0.2) is 6.61 Å². The Morgan fingerprint density at radius 3 is 2.52 bits per heavy atom. The summed E-state index contributed by atoms with van der Waals surface area (Å²) in [4.78, 5) is 13.4. The zero-order valence-electron chi connectivity index (χ0n) is 12.7. The van der Waals surface area contributed by atoms with Gasteiger partial charge in [-0.25, -0.2) is 4.39 Å². The van der Waals surface area contributed by atoms with E-state index < -0.39 is 5.82 Å². The number of rotatable bonds is 7. The summed E-state index contributed by atoms with van der Waals surface area (Å²) in [6, 6.07) is 12.7. The molecular formula is C17H17ClFNO3. The van der Waals surface area contributed by atoms with E-state index in [1.165, 1.54) is 23.1 Å². The van der Waals surface area contributed by atoms with E-state index in [9.17, 15) is 9.18 Å². The predicted molar refractivity (Wildman–Crippen MR) is 86.5 cm³/mol. The first-order chi connectivity index (χ1) is 11.0. The number of nitrogens with zero attached hydrogens (tertiary/aromatic N) is 1. The number of ether oxygens (including phenoxy) is 2. The van der Waals surface area contributed by atoms with Gasteiger partial charge in [-0.1, -0.05) is 23.7 Å². The van der Waals surface area contributed by atoms with E-state index in [1.807, 2.05) is 0 Å². The second-order valence-electron chi connectivity index (χ2n) is 4.87. The van der Waals surface area contributed by atoms with E-state index in [0.29, 0.717) is 29.7 Å². The average Bonchev–Trinajstić information content (AvgIpc) is 2.52. The third-order valence-electron chi connectivity index (χ3n) is 3.08. The number of hydrogen-bond donors (Lipinski definition) is 0. The Hall–Kier alpha value is -2.27. The molecule has 0 saturated heterocycles. The molecule has 1 amide bonds. The van der Waals surface area contributed by atoms with Crippen LogP contribution in [0.15, 0.2) is 48.5 Å². The van der Waals surface area contributed by atoms with Gasteiger partial charge in [-0.3, -0.25) is 4.79 Å². The Labute approximate surface area is 139 Å². The lowest BCUT2D eigenvalue weighted by atomic mass is 10.3. The lowest BCUT2D eigenvalue weighted by Gasteiger charge is -2.17. The van der Waals surface area contributed by atoms with Crippen molar-refractivity contribution in [1.82, 2.24) is 4.90 Å². The number of halogens is 2. The molecule has 23 heavy (non-hydrogen) atoms. The fraction of sp³-hybridized carbons (Fsp3) is 0.235. The molecule has 2 rings (SSSR count). The van der Waals surface area contributed by atoms with Crippen LogP contribution in [0.25, 0.3) is 0 Å². The summed E-state index contributed by atoms with van der Waals surface area (Å²) in [6.07, 6.45) is 0. The lowest BCUT2D eigenvalue weighted by molar-refractivity contribution is -0.132. The normalized spacial score (nSPS) is 10.2. The Morgan fingerprint density at radius 2 is 1.83 bits per heavy atom. The molecule has 6 heteroatoms. The number of likely N-dealkylation sites (N-methyl/N-ethyl adjacent to an activating group) is 1. The summed E-state index contributed by atoms with van der Waals surface area (Å²) < 4.78 is 23.8. The molecule has 4 nitrogen and oxygen atoms in total. The fourth-order valence-corrected chi connectivity index (χ4v) is 1.97. The molecular weight excluding hydrogens is 321 g/mol. The molecule has 0 aromatic heterocycles. The minimum absolute atomic E-state index is 0.156. The summed E-state index contributed by atoms with van der Waals surface area (Å²) in [5.41, 5.74) is 0.